The van der Waals surface area contributed by atoms with Crippen LogP contribution in [0.1, 0.15) is 16.7 Å². The Morgan fingerprint density at radius 2 is 1.75 bits per heavy atom. The molecule has 0 radical (unpaired) electrons. The van der Waals surface area contributed by atoms with Crippen molar-refractivity contribution in [3.05, 3.63) is 65.4 Å². The van der Waals surface area contributed by atoms with Gasteiger partial charge >= 0.3 is 6.09 Å². The second-order valence-electron chi connectivity index (χ2n) is 5.34. The van der Waals surface area contributed by atoms with Crippen LogP contribution in [-0.4, -0.2) is 25.2 Å². The number of fused-ring (bicyclic) bond motifs is 1. The lowest BCUT2D eigenvalue weighted by molar-refractivity contribution is 0.107. The predicted molar refractivity (Wildman–Crippen MR) is 90.8 cm³/mol. The Balaban J connectivity index is 1.69. The molecule has 0 bridgehead atoms. The summed E-state index contributed by atoms with van der Waals surface area (Å²) < 4.78 is 16.1. The van der Waals surface area contributed by atoms with Gasteiger partial charge in [0.15, 0.2) is 0 Å². The maximum absolute atomic E-state index is 12.4. The number of nitrogens with zero attached hydrogens (tertiary/aromatic N) is 1. The summed E-state index contributed by atoms with van der Waals surface area (Å²) in [6.07, 6.45) is 3.24. The van der Waals surface area contributed by atoms with Crippen LogP contribution in [0.25, 0.3) is 6.08 Å². The fourth-order valence-corrected chi connectivity index (χ4v) is 2.66. The van der Waals surface area contributed by atoms with Gasteiger partial charge in [0.2, 0.25) is 0 Å². The van der Waals surface area contributed by atoms with Crippen LogP contribution in [0, 0.1) is 0 Å². The Morgan fingerprint density at radius 1 is 1.04 bits per heavy atom. The highest BCUT2D eigenvalue weighted by Gasteiger charge is 2.19. The largest absolute Gasteiger partial charge is 0.496 e. The molecule has 2 aromatic rings. The summed E-state index contributed by atoms with van der Waals surface area (Å²) in [4.78, 5) is 13.9. The summed E-state index contributed by atoms with van der Waals surface area (Å²) in [5.74, 6) is 1.25. The molecule has 5 nitrogen and oxygen atoms in total. The fraction of sp³-hybridized carbons (Fsp3) is 0.211. The molecule has 1 aliphatic heterocycles. The standard InChI is InChI=1S/C19H19NO4/c1-22-17-8-5-9-18(23-2)16(17)13-24-19(21)20-11-10-14-6-3-4-7-15(14)12-20/h3-11H,12-13H2,1-2H3. The first kappa shape index (κ1) is 15.9. The van der Waals surface area contributed by atoms with Gasteiger partial charge in [-0.2, -0.15) is 0 Å². The maximum Gasteiger partial charge on any atom is 0.414 e. The molecule has 124 valence electrons. The average molecular weight is 325 g/mol. The Labute approximate surface area is 141 Å². The number of carbonyl (C=O) groups excluding carboxylic acids is 1. The van der Waals surface area contributed by atoms with Crippen LogP contribution < -0.4 is 9.47 Å². The van der Waals surface area contributed by atoms with E-state index >= 15 is 0 Å². The summed E-state index contributed by atoms with van der Waals surface area (Å²) in [5, 5.41) is 0. The number of carbonyl (C=O) groups is 1. The van der Waals surface area contributed by atoms with Gasteiger partial charge in [-0.1, -0.05) is 30.3 Å². The van der Waals surface area contributed by atoms with Crippen molar-refractivity contribution in [2.75, 3.05) is 14.2 Å². The van der Waals surface area contributed by atoms with Gasteiger partial charge in [-0.3, -0.25) is 4.90 Å². The Hall–Kier alpha value is -2.95. The lowest BCUT2D eigenvalue weighted by atomic mass is 10.1. The quantitative estimate of drug-likeness (QED) is 0.857. The highest BCUT2D eigenvalue weighted by molar-refractivity contribution is 5.72. The van der Waals surface area contributed by atoms with Gasteiger partial charge < -0.3 is 14.2 Å². The second-order valence-corrected chi connectivity index (χ2v) is 5.34. The number of rotatable bonds is 4. The number of amides is 1. The zero-order chi connectivity index (χ0) is 16.9. The predicted octanol–water partition coefficient (Wildman–Crippen LogP) is 3.83. The normalized spacial score (nSPS) is 12.5. The molecule has 5 heteroatoms. The third kappa shape index (κ3) is 3.20. The summed E-state index contributed by atoms with van der Waals surface area (Å²) in [5.41, 5.74) is 2.91. The molecule has 2 aromatic carbocycles. The van der Waals surface area contributed by atoms with Crippen LogP contribution in [0.15, 0.2) is 48.7 Å². The van der Waals surface area contributed by atoms with Crippen molar-refractivity contribution < 1.29 is 19.0 Å². The average Bonchev–Trinajstić information content (AvgIpc) is 2.65. The molecule has 0 spiro atoms. The van der Waals surface area contributed by atoms with E-state index in [1.807, 2.05) is 48.5 Å². The molecule has 3 rings (SSSR count). The first-order chi connectivity index (χ1) is 11.7. The molecule has 0 atom stereocenters. The summed E-state index contributed by atoms with van der Waals surface area (Å²) in [6, 6.07) is 13.4. The number of methoxy groups -OCH3 is 2. The van der Waals surface area contributed by atoms with E-state index in [-0.39, 0.29) is 6.61 Å². The van der Waals surface area contributed by atoms with Gasteiger partial charge in [-0.15, -0.1) is 0 Å². The first-order valence-corrected chi connectivity index (χ1v) is 7.62. The number of hydrogen-bond donors (Lipinski definition) is 0. The van der Waals surface area contributed by atoms with Crippen molar-refractivity contribution in [3.63, 3.8) is 0 Å². The molecule has 0 N–H and O–H groups in total. The van der Waals surface area contributed by atoms with Gasteiger partial charge in [-0.25, -0.2) is 4.79 Å². The highest BCUT2D eigenvalue weighted by Crippen LogP contribution is 2.29. The summed E-state index contributed by atoms with van der Waals surface area (Å²) in [6.45, 7) is 0.576. The highest BCUT2D eigenvalue weighted by atomic mass is 16.6. The van der Waals surface area contributed by atoms with E-state index < -0.39 is 6.09 Å². The van der Waals surface area contributed by atoms with Gasteiger partial charge in [0.05, 0.1) is 26.3 Å². The molecular weight excluding hydrogens is 306 g/mol. The van der Waals surface area contributed by atoms with Crippen LogP contribution in [0.5, 0.6) is 11.5 Å². The summed E-state index contributed by atoms with van der Waals surface area (Å²) >= 11 is 0. The molecule has 0 fully saturated rings. The molecule has 0 aliphatic carbocycles. The van der Waals surface area contributed by atoms with Crippen molar-refractivity contribution in [3.8, 4) is 11.5 Å². The molecule has 1 amide bonds. The number of hydrogen-bond acceptors (Lipinski definition) is 4. The van der Waals surface area contributed by atoms with E-state index in [9.17, 15) is 4.79 Å². The third-order valence-corrected chi connectivity index (χ3v) is 3.93. The Bertz CT molecular complexity index is 747. The zero-order valence-corrected chi connectivity index (χ0v) is 13.7. The molecule has 1 aliphatic rings. The topological polar surface area (TPSA) is 48.0 Å². The Morgan fingerprint density at radius 3 is 2.46 bits per heavy atom. The minimum Gasteiger partial charge on any atom is -0.496 e. The second kappa shape index (κ2) is 7.08. The van der Waals surface area contributed by atoms with E-state index in [4.69, 9.17) is 14.2 Å². The van der Waals surface area contributed by atoms with Crippen molar-refractivity contribution in [2.24, 2.45) is 0 Å². The van der Waals surface area contributed by atoms with Crippen molar-refractivity contribution in [2.45, 2.75) is 13.2 Å². The Kier molecular flexibility index (Phi) is 4.70. The molecule has 0 saturated heterocycles. The minimum absolute atomic E-state index is 0.0814. The molecule has 0 aromatic heterocycles. The van der Waals surface area contributed by atoms with E-state index in [0.717, 1.165) is 11.1 Å². The van der Waals surface area contributed by atoms with Crippen LogP contribution in [0.2, 0.25) is 0 Å². The fourth-order valence-electron chi connectivity index (χ4n) is 2.66. The summed E-state index contributed by atoms with van der Waals surface area (Å²) in [7, 11) is 3.15. The van der Waals surface area contributed by atoms with E-state index in [2.05, 4.69) is 0 Å². The first-order valence-electron chi connectivity index (χ1n) is 7.62. The van der Waals surface area contributed by atoms with E-state index in [1.54, 1.807) is 25.3 Å². The molecule has 0 unspecified atom stereocenters. The van der Waals surface area contributed by atoms with Crippen molar-refractivity contribution in [1.82, 2.24) is 4.90 Å². The van der Waals surface area contributed by atoms with Crippen LogP contribution in [0.4, 0.5) is 4.79 Å². The van der Waals surface area contributed by atoms with E-state index in [0.29, 0.717) is 23.6 Å². The van der Waals surface area contributed by atoms with Crippen LogP contribution >= 0.6 is 0 Å². The van der Waals surface area contributed by atoms with Crippen molar-refractivity contribution in [1.29, 1.82) is 0 Å². The van der Waals surface area contributed by atoms with Crippen LogP contribution in [0.3, 0.4) is 0 Å². The maximum atomic E-state index is 12.4. The SMILES string of the molecule is COc1cccc(OC)c1COC(=O)N1C=Cc2ccccc2C1. The molecule has 24 heavy (non-hydrogen) atoms. The molecular formula is C19H19NO4. The monoisotopic (exact) mass is 325 g/mol. The third-order valence-electron chi connectivity index (χ3n) is 3.93. The van der Waals surface area contributed by atoms with Crippen LogP contribution in [-0.2, 0) is 17.9 Å². The van der Waals surface area contributed by atoms with Gasteiger partial charge in [-0.05, 0) is 29.3 Å². The molecule has 0 saturated carbocycles. The lowest BCUT2D eigenvalue weighted by Crippen LogP contribution is -2.28. The van der Waals surface area contributed by atoms with Gasteiger partial charge in [0, 0.05) is 6.20 Å². The number of benzene rings is 2. The minimum atomic E-state index is -0.409. The van der Waals surface area contributed by atoms with Gasteiger partial charge in [0.25, 0.3) is 0 Å². The lowest BCUT2D eigenvalue weighted by Gasteiger charge is -2.23. The van der Waals surface area contributed by atoms with E-state index in [1.165, 1.54) is 0 Å². The number of ether oxygens (including phenoxy) is 3. The molecule has 1 heterocycles. The smallest absolute Gasteiger partial charge is 0.414 e. The van der Waals surface area contributed by atoms with Crippen molar-refractivity contribution >= 4 is 12.2 Å². The van der Waals surface area contributed by atoms with Gasteiger partial charge in [0.1, 0.15) is 18.1 Å². The zero-order valence-electron chi connectivity index (χ0n) is 13.7.